The lowest BCUT2D eigenvalue weighted by Gasteiger charge is -2.17. The van der Waals surface area contributed by atoms with E-state index in [-0.39, 0.29) is 18.3 Å². The second-order valence-electron chi connectivity index (χ2n) is 6.96. The number of carboxylic acid groups (broad SMARTS) is 1. The Morgan fingerprint density at radius 1 is 1.16 bits per heavy atom. The molecule has 1 atom stereocenters. The van der Waals surface area contributed by atoms with Crippen LogP contribution in [0.25, 0.3) is 11.1 Å². The molecule has 1 aliphatic rings. The number of benzene rings is 2. The van der Waals surface area contributed by atoms with E-state index < -0.39 is 18.1 Å². The smallest absolute Gasteiger partial charge is 0.407 e. The number of aliphatic carboxylic acids is 1. The second kappa shape index (κ2) is 9.72. The Bertz CT molecular complexity index is 1060. The van der Waals surface area contributed by atoms with E-state index in [9.17, 15) is 14.7 Å². The Labute approximate surface area is 192 Å². The third kappa shape index (κ3) is 5.03. The maximum atomic E-state index is 12.3. The molecule has 2 aromatic carbocycles. The van der Waals surface area contributed by atoms with Gasteiger partial charge in [0.1, 0.15) is 12.6 Å². The molecular weight excluding hydrogens is 456 g/mol. The summed E-state index contributed by atoms with van der Waals surface area (Å²) in [6, 6.07) is 15.0. The van der Waals surface area contributed by atoms with Crippen LogP contribution in [0.5, 0.6) is 0 Å². The number of thioether (sulfide) groups is 1. The predicted molar refractivity (Wildman–Crippen MR) is 123 cm³/mol. The first-order valence-corrected chi connectivity index (χ1v) is 11.9. The highest BCUT2D eigenvalue weighted by Gasteiger charge is 2.29. The zero-order valence-corrected chi connectivity index (χ0v) is 18.7. The van der Waals surface area contributed by atoms with Gasteiger partial charge >= 0.3 is 12.1 Å². The summed E-state index contributed by atoms with van der Waals surface area (Å²) < 4.78 is 5.89. The molecule has 0 fully saturated rings. The van der Waals surface area contributed by atoms with Crippen LogP contribution >= 0.6 is 34.7 Å². The van der Waals surface area contributed by atoms with Crippen LogP contribution in [0.1, 0.15) is 21.9 Å². The molecule has 1 unspecified atom stereocenters. The van der Waals surface area contributed by atoms with E-state index in [1.54, 1.807) is 6.20 Å². The van der Waals surface area contributed by atoms with Crippen LogP contribution in [0.4, 0.5) is 4.79 Å². The van der Waals surface area contributed by atoms with Crippen LogP contribution in [0.15, 0.2) is 54.7 Å². The van der Waals surface area contributed by atoms with Gasteiger partial charge in [-0.05, 0) is 22.3 Å². The molecular formula is C22H19ClN2O4S2. The Hall–Kier alpha value is -2.55. The van der Waals surface area contributed by atoms with Crippen LogP contribution in [-0.2, 0) is 15.3 Å². The van der Waals surface area contributed by atoms with Gasteiger partial charge in [0.2, 0.25) is 0 Å². The number of alkyl carbamates (subject to hydrolysis) is 1. The van der Waals surface area contributed by atoms with Crippen LogP contribution in [0, 0.1) is 0 Å². The molecule has 1 aliphatic carbocycles. The predicted octanol–water partition coefficient (Wildman–Crippen LogP) is 5.02. The number of amides is 1. The fraction of sp³-hybridized carbons (Fsp3) is 0.227. The summed E-state index contributed by atoms with van der Waals surface area (Å²) in [6.45, 7) is 0.138. The molecule has 0 bridgehead atoms. The van der Waals surface area contributed by atoms with Crippen molar-refractivity contribution in [1.82, 2.24) is 10.3 Å². The number of thiazole rings is 1. The summed E-state index contributed by atoms with van der Waals surface area (Å²) in [7, 11) is 0. The summed E-state index contributed by atoms with van der Waals surface area (Å²) in [6.07, 6.45) is 0.921. The standard InChI is InChI=1S/C22H19ClN2O4S2/c23-21-24-9-13(31-21)11-30-12-19(20(26)27)25-22(28)29-10-18-16-7-3-1-5-14(16)15-6-2-4-8-17(15)18/h1-9,18-19H,10-12H2,(H,25,28)(H,26,27). The van der Waals surface area contributed by atoms with Crippen molar-refractivity contribution in [2.75, 3.05) is 12.4 Å². The van der Waals surface area contributed by atoms with Crippen molar-refractivity contribution < 1.29 is 19.4 Å². The van der Waals surface area contributed by atoms with E-state index in [2.05, 4.69) is 22.4 Å². The Morgan fingerprint density at radius 3 is 2.39 bits per heavy atom. The molecule has 4 rings (SSSR count). The fourth-order valence-electron chi connectivity index (χ4n) is 3.58. The minimum atomic E-state index is -1.11. The van der Waals surface area contributed by atoms with Crippen molar-refractivity contribution in [2.24, 2.45) is 0 Å². The third-order valence-corrected chi connectivity index (χ3v) is 7.37. The van der Waals surface area contributed by atoms with Gasteiger partial charge in [0, 0.05) is 28.5 Å². The molecule has 2 N–H and O–H groups in total. The minimum Gasteiger partial charge on any atom is -0.480 e. The molecule has 0 radical (unpaired) electrons. The number of carbonyl (C=O) groups is 2. The summed E-state index contributed by atoms with van der Waals surface area (Å²) in [5.41, 5.74) is 4.47. The lowest BCUT2D eigenvalue weighted by Crippen LogP contribution is -2.43. The van der Waals surface area contributed by atoms with E-state index >= 15 is 0 Å². The van der Waals surface area contributed by atoms with Crippen molar-refractivity contribution in [3.63, 3.8) is 0 Å². The first-order valence-electron chi connectivity index (χ1n) is 9.55. The van der Waals surface area contributed by atoms with Gasteiger partial charge in [-0.2, -0.15) is 11.8 Å². The summed E-state index contributed by atoms with van der Waals surface area (Å²) in [5.74, 6) is -0.412. The minimum absolute atomic E-state index is 0.0770. The Kier molecular flexibility index (Phi) is 6.80. The van der Waals surface area contributed by atoms with Gasteiger partial charge in [-0.3, -0.25) is 0 Å². The SMILES string of the molecule is O=C(NC(CSCc1cnc(Cl)s1)C(=O)O)OCC1c2ccccc2-c2ccccc21. The lowest BCUT2D eigenvalue weighted by atomic mass is 9.98. The number of nitrogens with zero attached hydrogens (tertiary/aromatic N) is 1. The second-order valence-corrected chi connectivity index (χ2v) is 9.68. The molecule has 1 aromatic heterocycles. The zero-order chi connectivity index (χ0) is 21.8. The van der Waals surface area contributed by atoms with Crippen molar-refractivity contribution >= 4 is 46.8 Å². The molecule has 160 valence electrons. The van der Waals surface area contributed by atoms with Crippen molar-refractivity contribution in [3.8, 4) is 11.1 Å². The molecule has 0 aliphatic heterocycles. The number of hydrogen-bond donors (Lipinski definition) is 2. The molecule has 31 heavy (non-hydrogen) atoms. The van der Waals surface area contributed by atoms with Gasteiger partial charge < -0.3 is 15.2 Å². The van der Waals surface area contributed by atoms with E-state index in [0.29, 0.717) is 10.2 Å². The number of aromatic nitrogens is 1. The van der Waals surface area contributed by atoms with Gasteiger partial charge in [-0.1, -0.05) is 60.1 Å². The van der Waals surface area contributed by atoms with Crippen LogP contribution < -0.4 is 5.32 Å². The zero-order valence-electron chi connectivity index (χ0n) is 16.3. The quantitative estimate of drug-likeness (QED) is 0.476. The van der Waals surface area contributed by atoms with Crippen molar-refractivity contribution in [1.29, 1.82) is 0 Å². The number of hydrogen-bond acceptors (Lipinski definition) is 6. The number of carbonyl (C=O) groups excluding carboxylic acids is 1. The first-order chi connectivity index (χ1) is 15.0. The molecule has 0 spiro atoms. The van der Waals surface area contributed by atoms with Gasteiger partial charge in [0.05, 0.1) is 0 Å². The number of nitrogens with one attached hydrogen (secondary N) is 1. The highest BCUT2D eigenvalue weighted by atomic mass is 35.5. The Balaban J connectivity index is 1.34. The average molecular weight is 475 g/mol. The monoisotopic (exact) mass is 474 g/mol. The number of fused-ring (bicyclic) bond motifs is 3. The highest BCUT2D eigenvalue weighted by Crippen LogP contribution is 2.44. The molecule has 0 saturated carbocycles. The van der Waals surface area contributed by atoms with Gasteiger partial charge in [0.15, 0.2) is 4.47 Å². The largest absolute Gasteiger partial charge is 0.480 e. The fourth-order valence-corrected chi connectivity index (χ4v) is 5.70. The van der Waals surface area contributed by atoms with Crippen molar-refractivity contribution in [3.05, 3.63) is 75.2 Å². The molecule has 9 heteroatoms. The average Bonchev–Trinajstić information content (AvgIpc) is 3.32. The summed E-state index contributed by atoms with van der Waals surface area (Å²) in [4.78, 5) is 28.8. The molecule has 0 saturated heterocycles. The van der Waals surface area contributed by atoms with E-state index in [1.165, 1.54) is 23.1 Å². The highest BCUT2D eigenvalue weighted by molar-refractivity contribution is 7.98. The molecule has 1 amide bonds. The first kappa shape index (κ1) is 21.7. The van der Waals surface area contributed by atoms with Crippen LogP contribution in [-0.4, -0.2) is 40.6 Å². The van der Waals surface area contributed by atoms with Gasteiger partial charge in [-0.15, -0.1) is 11.3 Å². The number of rotatable bonds is 8. The van der Waals surface area contributed by atoms with Crippen molar-refractivity contribution in [2.45, 2.75) is 17.7 Å². The lowest BCUT2D eigenvalue weighted by molar-refractivity contribution is -0.138. The Morgan fingerprint density at radius 2 is 1.81 bits per heavy atom. The third-order valence-electron chi connectivity index (χ3n) is 4.99. The van der Waals surface area contributed by atoms with E-state index in [0.717, 1.165) is 27.1 Å². The number of carboxylic acids is 1. The normalized spacial score (nSPS) is 13.3. The molecule has 6 nitrogen and oxygen atoms in total. The number of halogens is 1. The maximum absolute atomic E-state index is 12.3. The van der Waals surface area contributed by atoms with E-state index in [1.807, 2.05) is 36.4 Å². The maximum Gasteiger partial charge on any atom is 0.407 e. The topological polar surface area (TPSA) is 88.5 Å². The number of ether oxygens (including phenoxy) is 1. The summed E-state index contributed by atoms with van der Waals surface area (Å²) in [5, 5.41) is 11.9. The molecule has 1 heterocycles. The van der Waals surface area contributed by atoms with E-state index in [4.69, 9.17) is 16.3 Å². The van der Waals surface area contributed by atoms with Gasteiger partial charge in [0.25, 0.3) is 0 Å². The van der Waals surface area contributed by atoms with Crippen LogP contribution in [0.3, 0.4) is 0 Å². The summed E-state index contributed by atoms with van der Waals surface area (Å²) >= 11 is 8.53. The van der Waals surface area contributed by atoms with Crippen LogP contribution in [0.2, 0.25) is 4.47 Å². The van der Waals surface area contributed by atoms with Gasteiger partial charge in [-0.25, -0.2) is 14.6 Å². The molecule has 3 aromatic rings.